The molecule has 0 aliphatic carbocycles. The minimum Gasteiger partial charge on any atom is -0.444 e. The van der Waals surface area contributed by atoms with E-state index in [2.05, 4.69) is 10.1 Å². The Morgan fingerprint density at radius 3 is 2.21 bits per heavy atom. The van der Waals surface area contributed by atoms with E-state index in [-0.39, 0.29) is 24.4 Å². The van der Waals surface area contributed by atoms with E-state index in [0.29, 0.717) is 6.42 Å². The minimum absolute atomic E-state index is 0.0110. The van der Waals surface area contributed by atoms with Crippen molar-refractivity contribution < 1.29 is 45.8 Å². The van der Waals surface area contributed by atoms with Crippen molar-refractivity contribution in [3.8, 4) is 5.75 Å². The molecule has 1 atom stereocenters. The van der Waals surface area contributed by atoms with Gasteiger partial charge >= 0.3 is 12.2 Å². The Labute approximate surface area is 191 Å². The van der Waals surface area contributed by atoms with E-state index in [4.69, 9.17) is 9.47 Å². The summed E-state index contributed by atoms with van der Waals surface area (Å²) >= 11 is 0. The number of para-hydroxylation sites is 1. The van der Waals surface area contributed by atoms with Gasteiger partial charge in [0.15, 0.2) is 6.23 Å². The van der Waals surface area contributed by atoms with Crippen molar-refractivity contribution in [1.82, 2.24) is 4.90 Å². The Bertz CT molecular complexity index is 1080. The Kier molecular flexibility index (Phi) is 7.29. The standard InChI is InChI=1S/C22H21F5N2O5/c1-22(2,3)34-21(31)29-9-6-10-32-19(29)11-7-4-5-8-12(11)28-20(30)33-18-16(26)14(24)13(23)15(25)17(18)27/h4-5,7-8,19H,6,9-10H2,1-3H3,(H,28,30). The fourth-order valence-electron chi connectivity index (χ4n) is 3.13. The molecule has 1 aliphatic rings. The van der Waals surface area contributed by atoms with Gasteiger partial charge in [-0.3, -0.25) is 10.2 Å². The lowest BCUT2D eigenvalue weighted by atomic mass is 10.1. The van der Waals surface area contributed by atoms with E-state index < -0.39 is 58.9 Å². The van der Waals surface area contributed by atoms with Gasteiger partial charge in [-0.25, -0.2) is 22.8 Å². The summed E-state index contributed by atoms with van der Waals surface area (Å²) in [5.74, 6) is -13.3. The average molecular weight is 488 g/mol. The van der Waals surface area contributed by atoms with Gasteiger partial charge in [0.25, 0.3) is 0 Å². The molecule has 0 saturated carbocycles. The smallest absolute Gasteiger partial charge is 0.417 e. The van der Waals surface area contributed by atoms with Crippen LogP contribution in [0.15, 0.2) is 24.3 Å². The number of amides is 2. The number of rotatable bonds is 3. The number of anilines is 1. The van der Waals surface area contributed by atoms with Crippen molar-refractivity contribution in [3.63, 3.8) is 0 Å². The van der Waals surface area contributed by atoms with E-state index in [1.807, 2.05) is 0 Å². The summed E-state index contributed by atoms with van der Waals surface area (Å²) in [5.41, 5.74) is -0.506. The second-order valence-corrected chi connectivity index (χ2v) is 8.25. The molecule has 34 heavy (non-hydrogen) atoms. The molecule has 1 fully saturated rings. The van der Waals surface area contributed by atoms with Crippen LogP contribution in [-0.4, -0.2) is 35.8 Å². The van der Waals surface area contributed by atoms with Gasteiger partial charge in [0.1, 0.15) is 5.60 Å². The number of benzene rings is 2. The number of halogens is 5. The summed E-state index contributed by atoms with van der Waals surface area (Å²) in [6.45, 7) is 5.64. The number of nitrogens with one attached hydrogen (secondary N) is 1. The van der Waals surface area contributed by atoms with Crippen molar-refractivity contribution in [2.75, 3.05) is 18.5 Å². The largest absolute Gasteiger partial charge is 0.444 e. The van der Waals surface area contributed by atoms with Crippen molar-refractivity contribution in [2.45, 2.75) is 39.0 Å². The van der Waals surface area contributed by atoms with E-state index in [1.54, 1.807) is 26.8 Å². The van der Waals surface area contributed by atoms with Crippen LogP contribution in [0.1, 0.15) is 39.0 Å². The number of carbonyl (C=O) groups is 2. The van der Waals surface area contributed by atoms with E-state index >= 15 is 0 Å². The van der Waals surface area contributed by atoms with Crippen LogP contribution in [0.4, 0.5) is 37.2 Å². The maximum Gasteiger partial charge on any atom is 0.417 e. The molecule has 1 saturated heterocycles. The van der Waals surface area contributed by atoms with Crippen LogP contribution in [0.3, 0.4) is 0 Å². The van der Waals surface area contributed by atoms with Gasteiger partial charge in [0.2, 0.25) is 34.8 Å². The van der Waals surface area contributed by atoms with Gasteiger partial charge in [0.05, 0.1) is 12.3 Å². The Morgan fingerprint density at radius 2 is 1.59 bits per heavy atom. The second-order valence-electron chi connectivity index (χ2n) is 8.25. The molecule has 184 valence electrons. The lowest BCUT2D eigenvalue weighted by molar-refractivity contribution is -0.0978. The first-order valence-corrected chi connectivity index (χ1v) is 10.1. The quantitative estimate of drug-likeness (QED) is 0.343. The molecular weight excluding hydrogens is 467 g/mol. The monoisotopic (exact) mass is 488 g/mol. The van der Waals surface area contributed by atoms with Gasteiger partial charge in [0, 0.05) is 12.1 Å². The van der Waals surface area contributed by atoms with Crippen LogP contribution < -0.4 is 10.1 Å². The molecule has 0 radical (unpaired) electrons. The van der Waals surface area contributed by atoms with Crippen LogP contribution in [-0.2, 0) is 9.47 Å². The zero-order valence-electron chi connectivity index (χ0n) is 18.4. The van der Waals surface area contributed by atoms with Crippen LogP contribution >= 0.6 is 0 Å². The third kappa shape index (κ3) is 5.38. The molecule has 3 rings (SSSR count). The molecular formula is C22H21F5N2O5. The first kappa shape index (κ1) is 25.2. The van der Waals surface area contributed by atoms with Gasteiger partial charge in [-0.15, -0.1) is 0 Å². The predicted molar refractivity (Wildman–Crippen MR) is 109 cm³/mol. The van der Waals surface area contributed by atoms with Crippen molar-refractivity contribution >= 4 is 17.9 Å². The number of hydrogen-bond acceptors (Lipinski definition) is 5. The van der Waals surface area contributed by atoms with E-state index in [1.165, 1.54) is 23.1 Å². The molecule has 2 aromatic carbocycles. The third-order valence-corrected chi connectivity index (χ3v) is 4.56. The van der Waals surface area contributed by atoms with Gasteiger partial charge < -0.3 is 14.2 Å². The average Bonchev–Trinajstić information content (AvgIpc) is 2.78. The Hall–Kier alpha value is -3.41. The summed E-state index contributed by atoms with van der Waals surface area (Å²) in [5, 5.41) is 2.18. The summed E-state index contributed by atoms with van der Waals surface area (Å²) in [6, 6.07) is 5.97. The molecule has 1 unspecified atom stereocenters. The molecule has 1 N–H and O–H groups in total. The predicted octanol–water partition coefficient (Wildman–Crippen LogP) is 5.65. The molecule has 0 aromatic heterocycles. The normalized spacial score (nSPS) is 16.2. The number of ether oxygens (including phenoxy) is 3. The van der Waals surface area contributed by atoms with Crippen LogP contribution in [0.5, 0.6) is 5.75 Å². The lowest BCUT2D eigenvalue weighted by Crippen LogP contribution is -2.44. The van der Waals surface area contributed by atoms with E-state index in [0.717, 1.165) is 0 Å². The fourth-order valence-corrected chi connectivity index (χ4v) is 3.13. The Morgan fingerprint density at radius 1 is 1.00 bits per heavy atom. The minimum atomic E-state index is -2.38. The van der Waals surface area contributed by atoms with Crippen LogP contribution in [0, 0.1) is 29.1 Å². The van der Waals surface area contributed by atoms with Crippen molar-refractivity contribution in [2.24, 2.45) is 0 Å². The Balaban J connectivity index is 1.86. The molecule has 2 amide bonds. The van der Waals surface area contributed by atoms with Crippen molar-refractivity contribution in [3.05, 3.63) is 58.9 Å². The van der Waals surface area contributed by atoms with Gasteiger partial charge in [-0.1, -0.05) is 18.2 Å². The van der Waals surface area contributed by atoms with Gasteiger partial charge in [-0.05, 0) is 33.3 Å². The van der Waals surface area contributed by atoms with Crippen molar-refractivity contribution in [1.29, 1.82) is 0 Å². The molecule has 0 bridgehead atoms. The highest BCUT2D eigenvalue weighted by atomic mass is 19.2. The lowest BCUT2D eigenvalue weighted by Gasteiger charge is -2.37. The maximum absolute atomic E-state index is 13.8. The first-order chi connectivity index (χ1) is 15.9. The topological polar surface area (TPSA) is 77.1 Å². The summed E-state index contributed by atoms with van der Waals surface area (Å²) in [4.78, 5) is 26.2. The van der Waals surface area contributed by atoms with Crippen LogP contribution in [0.2, 0.25) is 0 Å². The van der Waals surface area contributed by atoms with Gasteiger partial charge in [-0.2, -0.15) is 8.78 Å². The fraction of sp³-hybridized carbons (Fsp3) is 0.364. The number of hydrogen-bond donors (Lipinski definition) is 1. The highest BCUT2D eigenvalue weighted by molar-refractivity contribution is 5.87. The summed E-state index contributed by atoms with van der Waals surface area (Å²) < 4.78 is 83.2. The highest BCUT2D eigenvalue weighted by Crippen LogP contribution is 2.34. The SMILES string of the molecule is CC(C)(C)OC(=O)N1CCCOC1c1ccccc1NC(=O)Oc1c(F)c(F)c(F)c(F)c1F. The number of carbonyl (C=O) groups excluding carboxylic acids is 2. The maximum atomic E-state index is 13.8. The molecule has 2 aromatic rings. The van der Waals surface area contributed by atoms with Crippen LogP contribution in [0.25, 0.3) is 0 Å². The zero-order chi connectivity index (χ0) is 25.2. The molecule has 1 aliphatic heterocycles. The molecule has 0 spiro atoms. The zero-order valence-corrected chi connectivity index (χ0v) is 18.4. The summed E-state index contributed by atoms with van der Waals surface area (Å²) in [7, 11) is 0. The number of nitrogens with zero attached hydrogens (tertiary/aromatic N) is 1. The molecule has 7 nitrogen and oxygen atoms in total. The first-order valence-electron chi connectivity index (χ1n) is 10.1. The molecule has 12 heteroatoms. The summed E-state index contributed by atoms with van der Waals surface area (Å²) in [6.07, 6.45) is -2.67. The highest BCUT2D eigenvalue weighted by Gasteiger charge is 2.34. The molecule has 1 heterocycles. The second kappa shape index (κ2) is 9.84. The van der Waals surface area contributed by atoms with E-state index in [9.17, 15) is 31.5 Å². The third-order valence-electron chi connectivity index (χ3n) is 4.56.